The van der Waals surface area contributed by atoms with Gasteiger partial charge in [0.15, 0.2) is 0 Å². The van der Waals surface area contributed by atoms with Gasteiger partial charge < -0.3 is 14.4 Å². The Morgan fingerprint density at radius 3 is 2.62 bits per heavy atom. The number of allylic oxidation sites excluding steroid dienone is 2. The first-order valence-corrected chi connectivity index (χ1v) is 7.58. The predicted molar refractivity (Wildman–Crippen MR) is 80.8 cm³/mol. The monoisotopic (exact) mass is 297 g/mol. The summed E-state index contributed by atoms with van der Waals surface area (Å²) < 4.78 is 11.0. The Kier molecular flexibility index (Phi) is 7.43. The second-order valence-electron chi connectivity index (χ2n) is 5.66. The van der Waals surface area contributed by atoms with Crippen LogP contribution in [0.3, 0.4) is 0 Å². The molecule has 21 heavy (non-hydrogen) atoms. The van der Waals surface area contributed by atoms with Gasteiger partial charge in [-0.05, 0) is 33.2 Å². The van der Waals surface area contributed by atoms with Crippen molar-refractivity contribution in [3.63, 3.8) is 0 Å². The molecule has 0 aromatic carbocycles. The molecule has 0 saturated carbocycles. The molecule has 1 aliphatic heterocycles. The van der Waals surface area contributed by atoms with Gasteiger partial charge in [0.1, 0.15) is 12.2 Å². The van der Waals surface area contributed by atoms with E-state index in [0.717, 1.165) is 32.4 Å². The zero-order valence-corrected chi connectivity index (χ0v) is 13.5. The van der Waals surface area contributed by atoms with Gasteiger partial charge in [0.05, 0.1) is 0 Å². The summed E-state index contributed by atoms with van der Waals surface area (Å²) in [4.78, 5) is 24.9. The van der Waals surface area contributed by atoms with E-state index in [2.05, 4.69) is 11.0 Å². The zero-order valence-electron chi connectivity index (χ0n) is 13.5. The highest BCUT2D eigenvalue weighted by molar-refractivity contribution is 5.66. The number of nitrogens with zero attached hydrogens (tertiary/aromatic N) is 1. The van der Waals surface area contributed by atoms with Crippen LogP contribution >= 0.6 is 0 Å². The first-order valence-electron chi connectivity index (χ1n) is 7.58. The second-order valence-corrected chi connectivity index (χ2v) is 5.66. The van der Waals surface area contributed by atoms with E-state index in [-0.39, 0.29) is 30.1 Å². The van der Waals surface area contributed by atoms with Gasteiger partial charge in [-0.2, -0.15) is 0 Å². The summed E-state index contributed by atoms with van der Waals surface area (Å²) in [5.41, 5.74) is 0. The first-order chi connectivity index (χ1) is 9.93. The molecular formula is C16H27NO4. The maximum absolute atomic E-state index is 11.4. The summed E-state index contributed by atoms with van der Waals surface area (Å²) in [6.45, 7) is 6.48. The van der Waals surface area contributed by atoms with E-state index in [9.17, 15) is 9.59 Å². The van der Waals surface area contributed by atoms with Crippen LogP contribution in [0.5, 0.6) is 0 Å². The number of carbonyl (C=O) groups is 2. The number of hydrogen-bond acceptors (Lipinski definition) is 5. The van der Waals surface area contributed by atoms with Gasteiger partial charge in [-0.3, -0.25) is 9.59 Å². The van der Waals surface area contributed by atoms with E-state index in [4.69, 9.17) is 9.47 Å². The van der Waals surface area contributed by atoms with E-state index in [1.165, 1.54) is 13.8 Å². The molecule has 0 aromatic rings. The molecule has 1 fully saturated rings. The summed E-state index contributed by atoms with van der Waals surface area (Å²) >= 11 is 0. The summed E-state index contributed by atoms with van der Waals surface area (Å²) in [5.74, 6) is -0.526. The van der Waals surface area contributed by atoms with Crippen LogP contribution in [0.2, 0.25) is 0 Å². The van der Waals surface area contributed by atoms with Crippen molar-refractivity contribution in [2.45, 2.75) is 52.2 Å². The highest BCUT2D eigenvalue weighted by Crippen LogP contribution is 2.27. The lowest BCUT2D eigenvalue weighted by Gasteiger charge is -2.39. The smallest absolute Gasteiger partial charge is 0.302 e. The summed E-state index contributed by atoms with van der Waals surface area (Å²) in [7, 11) is 2.04. The van der Waals surface area contributed by atoms with E-state index >= 15 is 0 Å². The van der Waals surface area contributed by atoms with Crippen LogP contribution < -0.4 is 0 Å². The van der Waals surface area contributed by atoms with Crippen LogP contribution in [-0.2, 0) is 19.1 Å². The largest absolute Gasteiger partial charge is 0.462 e. The lowest BCUT2D eigenvalue weighted by molar-refractivity contribution is -0.164. The number of piperidine rings is 1. The van der Waals surface area contributed by atoms with Crippen molar-refractivity contribution in [2.24, 2.45) is 5.92 Å². The summed E-state index contributed by atoms with van der Waals surface area (Å²) in [6, 6.07) is 0. The average molecular weight is 297 g/mol. The fraction of sp³-hybridized carbons (Fsp3) is 0.750. The predicted octanol–water partition coefficient (Wildman–Crippen LogP) is 2.16. The maximum atomic E-state index is 11.4. The molecule has 3 unspecified atom stereocenters. The zero-order chi connectivity index (χ0) is 15.8. The van der Waals surface area contributed by atoms with E-state index in [1.54, 1.807) is 0 Å². The third-order valence-corrected chi connectivity index (χ3v) is 3.76. The first kappa shape index (κ1) is 17.7. The third-order valence-electron chi connectivity index (χ3n) is 3.76. The second kappa shape index (κ2) is 8.82. The molecule has 0 bridgehead atoms. The lowest BCUT2D eigenvalue weighted by Crippen LogP contribution is -2.49. The van der Waals surface area contributed by atoms with E-state index in [1.807, 2.05) is 20.0 Å². The van der Waals surface area contributed by atoms with Gasteiger partial charge in [-0.15, -0.1) is 0 Å². The van der Waals surface area contributed by atoms with Crippen molar-refractivity contribution in [1.82, 2.24) is 4.90 Å². The Bertz CT molecular complexity index is 380. The van der Waals surface area contributed by atoms with E-state index in [0.29, 0.717) is 0 Å². The highest BCUT2D eigenvalue weighted by atomic mass is 16.6. The normalized spacial score (nSPS) is 24.8. The van der Waals surface area contributed by atoms with Crippen LogP contribution in [0, 0.1) is 5.92 Å². The van der Waals surface area contributed by atoms with Crippen LogP contribution in [0.4, 0.5) is 0 Å². The number of rotatable bonds is 6. The molecule has 1 saturated heterocycles. The molecule has 120 valence electrons. The highest BCUT2D eigenvalue weighted by Gasteiger charge is 2.37. The topological polar surface area (TPSA) is 55.8 Å². The van der Waals surface area contributed by atoms with Crippen molar-refractivity contribution in [3.8, 4) is 0 Å². The van der Waals surface area contributed by atoms with Crippen LogP contribution in [0.25, 0.3) is 0 Å². The summed E-state index contributed by atoms with van der Waals surface area (Å²) in [6.07, 6.45) is 6.04. The third kappa shape index (κ3) is 6.29. The van der Waals surface area contributed by atoms with Crippen molar-refractivity contribution in [2.75, 3.05) is 20.1 Å². The van der Waals surface area contributed by atoms with Crippen LogP contribution in [0.15, 0.2) is 12.2 Å². The van der Waals surface area contributed by atoms with Gasteiger partial charge in [0.2, 0.25) is 0 Å². The molecule has 0 spiro atoms. The van der Waals surface area contributed by atoms with Crippen molar-refractivity contribution >= 4 is 11.9 Å². The maximum Gasteiger partial charge on any atom is 0.302 e. The molecule has 0 aromatic heterocycles. The average Bonchev–Trinajstić information content (AvgIpc) is 2.39. The van der Waals surface area contributed by atoms with E-state index < -0.39 is 0 Å². The van der Waals surface area contributed by atoms with Crippen molar-refractivity contribution in [3.05, 3.63) is 12.2 Å². The standard InChI is InChI=1S/C16H27NO4/c1-5-6-7-8-15(20-12(2)18)14-11-17(4)10-9-16(14)21-13(3)19/h5-6,14-16H,7-11H2,1-4H3/b6-5+. The van der Waals surface area contributed by atoms with Crippen molar-refractivity contribution < 1.29 is 19.1 Å². The Hall–Kier alpha value is -1.36. The Labute approximate surface area is 127 Å². The molecule has 0 amide bonds. The van der Waals surface area contributed by atoms with Crippen molar-refractivity contribution in [1.29, 1.82) is 0 Å². The van der Waals surface area contributed by atoms with Gasteiger partial charge >= 0.3 is 11.9 Å². The molecule has 0 radical (unpaired) electrons. The number of esters is 2. The number of hydrogen-bond donors (Lipinski definition) is 0. The molecule has 5 nitrogen and oxygen atoms in total. The fourth-order valence-corrected chi connectivity index (χ4v) is 2.85. The SMILES string of the molecule is C/C=C/CCC(OC(C)=O)C1CN(C)CCC1OC(C)=O. The Morgan fingerprint density at radius 2 is 2.05 bits per heavy atom. The van der Waals surface area contributed by atoms with Gasteiger partial charge in [0, 0.05) is 32.9 Å². The molecule has 3 atom stereocenters. The quantitative estimate of drug-likeness (QED) is 0.555. The molecule has 0 aliphatic carbocycles. The molecule has 5 heteroatoms. The number of carbonyl (C=O) groups excluding carboxylic acids is 2. The van der Waals surface area contributed by atoms with Crippen LogP contribution in [-0.4, -0.2) is 49.2 Å². The van der Waals surface area contributed by atoms with Gasteiger partial charge in [-0.25, -0.2) is 0 Å². The van der Waals surface area contributed by atoms with Gasteiger partial charge in [0.25, 0.3) is 0 Å². The minimum atomic E-state index is -0.282. The Morgan fingerprint density at radius 1 is 1.33 bits per heavy atom. The van der Waals surface area contributed by atoms with Gasteiger partial charge in [-0.1, -0.05) is 12.2 Å². The van der Waals surface area contributed by atoms with Crippen LogP contribution in [0.1, 0.15) is 40.0 Å². The molecule has 0 N–H and O–H groups in total. The minimum absolute atomic E-state index is 0.0295. The molecule has 1 rings (SSSR count). The molecule has 1 aliphatic rings. The Balaban J connectivity index is 2.80. The minimum Gasteiger partial charge on any atom is -0.462 e. The fourth-order valence-electron chi connectivity index (χ4n) is 2.85. The summed E-state index contributed by atoms with van der Waals surface area (Å²) in [5, 5.41) is 0. The number of likely N-dealkylation sites (tertiary alicyclic amines) is 1. The molecular weight excluding hydrogens is 270 g/mol. The molecule has 1 heterocycles. The number of ether oxygens (including phenoxy) is 2. The lowest BCUT2D eigenvalue weighted by atomic mass is 9.87.